The number of rotatable bonds is 4. The fraction of sp³-hybridized carbons (Fsp3) is 0.423. The number of likely N-dealkylation sites (tertiary alicyclic amines) is 2. The standard InChI is InChI=1S/C26H28ClN3O5/c27-20-5-3-18(4-6-20)25(32)30-11-1-2-19(15-30)26(33)29-12-9-17(10-13-29)24(31)28-21-7-8-22-23(14-21)35-16-34-22/h3-8,14,17,19H,1-2,9-13,15-16H2,(H,28,31)/t19-/m1/s1. The minimum absolute atomic E-state index is 0.0478. The first kappa shape index (κ1) is 23.5. The second kappa shape index (κ2) is 10.2. The maximum absolute atomic E-state index is 13.2. The number of nitrogens with zero attached hydrogens (tertiary/aromatic N) is 2. The van der Waals surface area contributed by atoms with E-state index in [1.54, 1.807) is 47.4 Å². The first-order valence-electron chi connectivity index (χ1n) is 12.0. The van der Waals surface area contributed by atoms with Crippen LogP contribution in [0.5, 0.6) is 11.5 Å². The smallest absolute Gasteiger partial charge is 0.253 e. The number of halogens is 1. The van der Waals surface area contributed by atoms with Crippen molar-refractivity contribution in [2.75, 3.05) is 38.3 Å². The van der Waals surface area contributed by atoms with Gasteiger partial charge in [-0.3, -0.25) is 14.4 Å². The predicted molar refractivity (Wildman–Crippen MR) is 131 cm³/mol. The third kappa shape index (κ3) is 5.22. The lowest BCUT2D eigenvalue weighted by molar-refractivity contribution is -0.139. The molecule has 184 valence electrons. The zero-order valence-corrected chi connectivity index (χ0v) is 20.1. The summed E-state index contributed by atoms with van der Waals surface area (Å²) in [6, 6.07) is 12.2. The van der Waals surface area contributed by atoms with Gasteiger partial charge in [0.05, 0.1) is 5.92 Å². The van der Waals surface area contributed by atoms with E-state index in [1.165, 1.54) is 0 Å². The molecule has 0 saturated carbocycles. The van der Waals surface area contributed by atoms with Crippen molar-refractivity contribution in [3.8, 4) is 11.5 Å². The highest BCUT2D eigenvalue weighted by atomic mass is 35.5. The van der Waals surface area contributed by atoms with E-state index >= 15 is 0 Å². The molecule has 3 heterocycles. The number of hydrogen-bond donors (Lipinski definition) is 1. The molecule has 2 fully saturated rings. The largest absolute Gasteiger partial charge is 0.454 e. The van der Waals surface area contributed by atoms with Gasteiger partial charge >= 0.3 is 0 Å². The molecule has 1 atom stereocenters. The Hall–Kier alpha value is -3.26. The number of carbonyl (C=O) groups is 3. The zero-order chi connectivity index (χ0) is 24.4. The Labute approximate surface area is 209 Å². The number of hydrogen-bond acceptors (Lipinski definition) is 5. The van der Waals surface area contributed by atoms with Crippen LogP contribution >= 0.6 is 11.6 Å². The van der Waals surface area contributed by atoms with E-state index in [4.69, 9.17) is 21.1 Å². The lowest BCUT2D eigenvalue weighted by Crippen LogP contribution is -2.49. The van der Waals surface area contributed by atoms with E-state index in [0.717, 1.165) is 12.8 Å². The normalized spacial score (nSPS) is 20.0. The van der Waals surface area contributed by atoms with E-state index in [1.807, 2.05) is 4.90 Å². The van der Waals surface area contributed by atoms with Gasteiger partial charge in [0.15, 0.2) is 11.5 Å². The maximum Gasteiger partial charge on any atom is 0.253 e. The SMILES string of the molecule is O=C(Nc1ccc2c(c1)OCO2)C1CCN(C(=O)[C@@H]2CCCN(C(=O)c3ccc(Cl)cc3)C2)CC1. The molecule has 0 bridgehead atoms. The number of piperidine rings is 2. The van der Waals surface area contributed by atoms with Crippen LogP contribution in [0.1, 0.15) is 36.0 Å². The summed E-state index contributed by atoms with van der Waals surface area (Å²) < 4.78 is 10.7. The van der Waals surface area contributed by atoms with Gasteiger partial charge in [-0.1, -0.05) is 11.6 Å². The fourth-order valence-electron chi connectivity index (χ4n) is 4.98. The minimum atomic E-state index is -0.209. The van der Waals surface area contributed by atoms with Crippen LogP contribution in [0, 0.1) is 11.8 Å². The number of benzene rings is 2. The van der Waals surface area contributed by atoms with Crippen LogP contribution < -0.4 is 14.8 Å². The second-order valence-corrected chi connectivity index (χ2v) is 9.69. The second-order valence-electron chi connectivity index (χ2n) is 9.25. The van der Waals surface area contributed by atoms with Gasteiger partial charge in [0.1, 0.15) is 0 Å². The summed E-state index contributed by atoms with van der Waals surface area (Å²) in [6.45, 7) is 2.34. The van der Waals surface area contributed by atoms with Gasteiger partial charge in [-0.2, -0.15) is 0 Å². The van der Waals surface area contributed by atoms with Gasteiger partial charge in [-0.25, -0.2) is 0 Å². The van der Waals surface area contributed by atoms with Crippen LogP contribution in [-0.4, -0.2) is 60.5 Å². The monoisotopic (exact) mass is 497 g/mol. The average molecular weight is 498 g/mol. The van der Waals surface area contributed by atoms with Crippen LogP contribution in [0.3, 0.4) is 0 Å². The Morgan fingerprint density at radius 3 is 2.37 bits per heavy atom. The van der Waals surface area contributed by atoms with Crippen LogP contribution in [0.25, 0.3) is 0 Å². The summed E-state index contributed by atoms with van der Waals surface area (Å²) in [6.07, 6.45) is 2.79. The van der Waals surface area contributed by atoms with E-state index in [-0.39, 0.29) is 36.4 Å². The summed E-state index contributed by atoms with van der Waals surface area (Å²) >= 11 is 5.93. The molecule has 3 aliphatic heterocycles. The minimum Gasteiger partial charge on any atom is -0.454 e. The molecule has 0 aliphatic carbocycles. The van der Waals surface area contributed by atoms with Gasteiger partial charge in [0.2, 0.25) is 18.6 Å². The van der Waals surface area contributed by atoms with Crippen molar-refractivity contribution < 1.29 is 23.9 Å². The quantitative estimate of drug-likeness (QED) is 0.694. The zero-order valence-electron chi connectivity index (χ0n) is 19.4. The van der Waals surface area contributed by atoms with Crippen LogP contribution in [0.2, 0.25) is 5.02 Å². The van der Waals surface area contributed by atoms with Gasteiger partial charge in [0.25, 0.3) is 5.91 Å². The molecule has 2 aromatic carbocycles. The van der Waals surface area contributed by atoms with Crippen molar-refractivity contribution in [3.05, 3.63) is 53.1 Å². The third-order valence-electron chi connectivity index (χ3n) is 6.97. The molecule has 5 rings (SSSR count). The van der Waals surface area contributed by atoms with Gasteiger partial charge < -0.3 is 24.6 Å². The number of nitrogens with one attached hydrogen (secondary N) is 1. The van der Waals surface area contributed by atoms with E-state index in [0.29, 0.717) is 66.8 Å². The summed E-state index contributed by atoms with van der Waals surface area (Å²) in [5, 5.41) is 3.54. The molecule has 2 aromatic rings. The van der Waals surface area contributed by atoms with Crippen molar-refractivity contribution in [1.82, 2.24) is 9.80 Å². The molecule has 8 nitrogen and oxygen atoms in total. The summed E-state index contributed by atoms with van der Waals surface area (Å²) in [7, 11) is 0. The molecule has 1 N–H and O–H groups in total. The molecular weight excluding hydrogens is 470 g/mol. The summed E-state index contributed by atoms with van der Waals surface area (Å²) in [5.74, 6) is 0.891. The first-order valence-corrected chi connectivity index (χ1v) is 12.4. The van der Waals surface area contributed by atoms with Crippen LogP contribution in [0.15, 0.2) is 42.5 Å². The van der Waals surface area contributed by atoms with E-state index < -0.39 is 0 Å². The van der Waals surface area contributed by atoms with Crippen molar-refractivity contribution in [1.29, 1.82) is 0 Å². The lowest BCUT2D eigenvalue weighted by Gasteiger charge is -2.37. The lowest BCUT2D eigenvalue weighted by atomic mass is 9.92. The highest BCUT2D eigenvalue weighted by molar-refractivity contribution is 6.30. The number of fused-ring (bicyclic) bond motifs is 1. The summed E-state index contributed by atoms with van der Waals surface area (Å²) in [4.78, 5) is 42.5. The number of carbonyl (C=O) groups excluding carboxylic acids is 3. The Kier molecular flexibility index (Phi) is 6.81. The number of anilines is 1. The molecule has 0 aromatic heterocycles. The Morgan fingerprint density at radius 2 is 1.60 bits per heavy atom. The van der Waals surface area contributed by atoms with Crippen molar-refractivity contribution in [2.24, 2.45) is 11.8 Å². The van der Waals surface area contributed by atoms with Crippen LogP contribution in [0.4, 0.5) is 5.69 Å². The van der Waals surface area contributed by atoms with E-state index in [2.05, 4.69) is 5.32 Å². The molecule has 0 unspecified atom stereocenters. The van der Waals surface area contributed by atoms with Gasteiger partial charge in [-0.15, -0.1) is 0 Å². The van der Waals surface area contributed by atoms with Gasteiger partial charge in [0, 0.05) is 54.4 Å². The molecular formula is C26H28ClN3O5. The molecule has 0 spiro atoms. The maximum atomic E-state index is 13.2. The molecule has 3 aliphatic rings. The van der Waals surface area contributed by atoms with Crippen molar-refractivity contribution >= 4 is 35.0 Å². The predicted octanol–water partition coefficient (Wildman–Crippen LogP) is 3.80. The topological polar surface area (TPSA) is 88.2 Å². The Bertz CT molecular complexity index is 1110. The fourth-order valence-corrected chi connectivity index (χ4v) is 5.10. The highest BCUT2D eigenvalue weighted by Crippen LogP contribution is 2.34. The third-order valence-corrected chi connectivity index (χ3v) is 7.22. The Morgan fingerprint density at radius 1 is 0.857 bits per heavy atom. The Balaban J connectivity index is 1.12. The van der Waals surface area contributed by atoms with Crippen molar-refractivity contribution in [2.45, 2.75) is 25.7 Å². The van der Waals surface area contributed by atoms with Crippen LogP contribution in [-0.2, 0) is 9.59 Å². The first-order chi connectivity index (χ1) is 17.0. The molecule has 0 radical (unpaired) electrons. The number of amides is 3. The van der Waals surface area contributed by atoms with E-state index in [9.17, 15) is 14.4 Å². The molecule has 2 saturated heterocycles. The summed E-state index contributed by atoms with van der Waals surface area (Å²) in [5.41, 5.74) is 1.25. The molecule has 35 heavy (non-hydrogen) atoms. The molecule has 9 heteroatoms. The van der Waals surface area contributed by atoms with Gasteiger partial charge in [-0.05, 0) is 62.1 Å². The average Bonchev–Trinajstić information content (AvgIpc) is 3.36. The van der Waals surface area contributed by atoms with Crippen molar-refractivity contribution in [3.63, 3.8) is 0 Å². The molecule has 3 amide bonds. The number of ether oxygens (including phenoxy) is 2. The highest BCUT2D eigenvalue weighted by Gasteiger charge is 2.34.